The van der Waals surface area contributed by atoms with E-state index >= 15 is 0 Å². The van der Waals surface area contributed by atoms with Gasteiger partial charge in [0.05, 0.1) is 6.04 Å². The van der Waals surface area contributed by atoms with E-state index in [1.807, 2.05) is 24.3 Å². The number of carboxylic acids is 1. The van der Waals surface area contributed by atoms with E-state index in [1.165, 1.54) is 18.1 Å². The van der Waals surface area contributed by atoms with Gasteiger partial charge in [-0.05, 0) is 42.2 Å². The first-order valence-electron chi connectivity index (χ1n) is 10.2. The van der Waals surface area contributed by atoms with E-state index in [-0.39, 0.29) is 29.6 Å². The van der Waals surface area contributed by atoms with Crippen LogP contribution in [0.2, 0.25) is 5.02 Å². The summed E-state index contributed by atoms with van der Waals surface area (Å²) in [5.41, 5.74) is 2.73. The summed E-state index contributed by atoms with van der Waals surface area (Å²) in [4.78, 5) is 49.8. The number of aliphatic carboxylic acids is 1. The van der Waals surface area contributed by atoms with E-state index in [0.29, 0.717) is 22.6 Å². The molecule has 8 nitrogen and oxygen atoms in total. The maximum absolute atomic E-state index is 12.6. The van der Waals surface area contributed by atoms with Crippen LogP contribution in [0.5, 0.6) is 0 Å². The first kappa shape index (κ1) is 27.6. The SMILES string of the molecule is CC1=CN(C)C(=O)C(NC(=O)NC(CC(=O)[O-])c2cccc(Cc3cccc(Cl)c3)c2)C1=O.[Na+]. The van der Waals surface area contributed by atoms with Crippen molar-refractivity contribution in [2.75, 3.05) is 7.05 Å². The van der Waals surface area contributed by atoms with Crippen molar-refractivity contribution in [3.05, 3.63) is 82.0 Å². The third kappa shape index (κ3) is 7.17. The van der Waals surface area contributed by atoms with Crippen molar-refractivity contribution in [1.29, 1.82) is 0 Å². The van der Waals surface area contributed by atoms with E-state index in [4.69, 9.17) is 11.6 Å². The number of amides is 3. The third-order valence-electron chi connectivity index (χ3n) is 5.23. The molecule has 2 aromatic carbocycles. The summed E-state index contributed by atoms with van der Waals surface area (Å²) in [6.45, 7) is 1.54. The number of nitrogens with zero attached hydrogens (tertiary/aromatic N) is 1. The Hall–Kier alpha value is -2.65. The van der Waals surface area contributed by atoms with E-state index in [9.17, 15) is 24.3 Å². The van der Waals surface area contributed by atoms with Crippen LogP contribution in [0.15, 0.2) is 60.3 Å². The fourth-order valence-electron chi connectivity index (χ4n) is 3.64. The quantitative estimate of drug-likeness (QED) is 0.370. The molecule has 0 spiro atoms. The molecule has 0 saturated carbocycles. The maximum Gasteiger partial charge on any atom is 1.00 e. The number of hydrogen-bond donors (Lipinski definition) is 2. The van der Waals surface area contributed by atoms with Crippen LogP contribution in [0.1, 0.15) is 36.1 Å². The smallest absolute Gasteiger partial charge is 0.550 e. The molecule has 3 amide bonds. The zero-order valence-corrected chi connectivity index (χ0v) is 21.9. The Balaban J connectivity index is 0.00000408. The molecule has 0 radical (unpaired) electrons. The number of nitrogens with one attached hydrogen (secondary N) is 2. The molecule has 1 aliphatic heterocycles. The summed E-state index contributed by atoms with van der Waals surface area (Å²) >= 11 is 6.04. The number of carbonyl (C=O) groups excluding carboxylic acids is 4. The van der Waals surface area contributed by atoms with Crippen LogP contribution in [0.3, 0.4) is 0 Å². The van der Waals surface area contributed by atoms with Gasteiger partial charge in [-0.15, -0.1) is 0 Å². The molecule has 3 rings (SSSR count). The molecule has 2 unspecified atom stereocenters. The molecule has 2 aromatic rings. The van der Waals surface area contributed by atoms with Gasteiger partial charge in [0.25, 0.3) is 5.91 Å². The summed E-state index contributed by atoms with van der Waals surface area (Å²) in [5, 5.41) is 16.9. The minimum atomic E-state index is -1.38. The molecular formula is C24H23ClN3NaO5. The minimum Gasteiger partial charge on any atom is -0.550 e. The zero-order valence-electron chi connectivity index (χ0n) is 19.1. The summed E-state index contributed by atoms with van der Waals surface area (Å²) in [5.74, 6) is -2.46. The number of ketones is 1. The molecule has 1 heterocycles. The Labute approximate surface area is 224 Å². The topological polar surface area (TPSA) is 119 Å². The van der Waals surface area contributed by atoms with Crippen LogP contribution in [0.4, 0.5) is 4.79 Å². The number of hydrogen-bond acceptors (Lipinski definition) is 5. The van der Waals surface area contributed by atoms with Crippen LogP contribution < -0.4 is 45.3 Å². The molecule has 34 heavy (non-hydrogen) atoms. The number of benzene rings is 2. The van der Waals surface area contributed by atoms with E-state index in [1.54, 1.807) is 31.2 Å². The van der Waals surface area contributed by atoms with Crippen molar-refractivity contribution in [3.8, 4) is 0 Å². The molecular weight excluding hydrogens is 469 g/mol. The van der Waals surface area contributed by atoms with Gasteiger partial charge in [-0.3, -0.25) is 9.59 Å². The summed E-state index contributed by atoms with van der Waals surface area (Å²) in [6.07, 6.45) is 1.46. The summed E-state index contributed by atoms with van der Waals surface area (Å²) in [7, 11) is 1.48. The molecule has 0 fully saturated rings. The molecule has 2 atom stereocenters. The van der Waals surface area contributed by atoms with Crippen LogP contribution in [0, 0.1) is 0 Å². The largest absolute Gasteiger partial charge is 1.00 e. The summed E-state index contributed by atoms with van der Waals surface area (Å²) in [6, 6.07) is 11.3. The van der Waals surface area contributed by atoms with Crippen LogP contribution in [0.25, 0.3) is 0 Å². The second-order valence-electron chi connectivity index (χ2n) is 7.86. The van der Waals surface area contributed by atoms with Gasteiger partial charge in [0.1, 0.15) is 0 Å². The van der Waals surface area contributed by atoms with Gasteiger partial charge in [0, 0.05) is 36.2 Å². The minimum absolute atomic E-state index is 0. The molecule has 0 saturated heterocycles. The molecule has 1 aliphatic rings. The molecule has 10 heteroatoms. The Morgan fingerprint density at radius 1 is 1.12 bits per heavy atom. The maximum atomic E-state index is 12.6. The number of Topliss-reactive ketones (excluding diaryl/α,β-unsaturated/α-hetero) is 1. The zero-order chi connectivity index (χ0) is 24.1. The predicted octanol–water partition coefficient (Wildman–Crippen LogP) is -1.27. The number of carboxylic acid groups (broad SMARTS) is 1. The van der Waals surface area contributed by atoms with Crippen molar-refractivity contribution < 1.29 is 53.8 Å². The van der Waals surface area contributed by atoms with E-state index in [2.05, 4.69) is 10.6 Å². The summed E-state index contributed by atoms with van der Waals surface area (Å²) < 4.78 is 0. The normalized spacial score (nSPS) is 16.3. The molecule has 0 aliphatic carbocycles. The second kappa shape index (κ2) is 12.2. The van der Waals surface area contributed by atoms with Crippen molar-refractivity contribution in [2.24, 2.45) is 0 Å². The Morgan fingerprint density at radius 2 is 1.76 bits per heavy atom. The van der Waals surface area contributed by atoms with Gasteiger partial charge in [-0.25, -0.2) is 4.79 Å². The number of urea groups is 1. The van der Waals surface area contributed by atoms with Crippen molar-refractivity contribution in [2.45, 2.75) is 31.8 Å². The average Bonchev–Trinajstić information content (AvgIpc) is 2.75. The van der Waals surface area contributed by atoms with E-state index in [0.717, 1.165) is 11.1 Å². The molecule has 0 bridgehead atoms. The Kier molecular flexibility index (Phi) is 9.88. The van der Waals surface area contributed by atoms with Crippen molar-refractivity contribution in [3.63, 3.8) is 0 Å². The first-order chi connectivity index (χ1) is 15.6. The van der Waals surface area contributed by atoms with Crippen molar-refractivity contribution in [1.82, 2.24) is 15.5 Å². The molecule has 2 N–H and O–H groups in total. The van der Waals surface area contributed by atoms with Crippen LogP contribution in [-0.2, 0) is 20.8 Å². The van der Waals surface area contributed by atoms with Gasteiger partial charge in [0.2, 0.25) is 0 Å². The monoisotopic (exact) mass is 491 g/mol. The number of halogens is 1. The van der Waals surface area contributed by atoms with Crippen LogP contribution in [-0.4, -0.2) is 41.7 Å². The fourth-order valence-corrected chi connectivity index (χ4v) is 3.85. The molecule has 172 valence electrons. The number of rotatable bonds is 7. The molecule has 0 aromatic heterocycles. The number of likely N-dealkylation sites (N-methyl/N-ethyl adjacent to an activating group) is 1. The Bertz CT molecular complexity index is 1140. The van der Waals surface area contributed by atoms with Crippen LogP contribution >= 0.6 is 11.6 Å². The first-order valence-corrected chi connectivity index (χ1v) is 10.6. The fraction of sp³-hybridized carbons (Fsp3) is 0.250. The van der Waals surface area contributed by atoms with Gasteiger partial charge >= 0.3 is 35.6 Å². The van der Waals surface area contributed by atoms with E-state index < -0.39 is 42.2 Å². The standard InChI is InChI=1S/C24H24ClN3O5.Na/c1-14-13-28(2)23(32)21(22(14)31)27-24(33)26-19(12-20(29)30)17-7-3-5-15(10-17)9-16-6-4-8-18(25)11-16;/h3-8,10-11,13,19,21H,9,12H2,1-2H3,(H,29,30)(H2,26,27,33);/q;+1/p-1. The predicted molar refractivity (Wildman–Crippen MR) is 120 cm³/mol. The Morgan fingerprint density at radius 3 is 2.41 bits per heavy atom. The van der Waals surface area contributed by atoms with Gasteiger partial charge in [0.15, 0.2) is 11.8 Å². The average molecular weight is 492 g/mol. The van der Waals surface area contributed by atoms with Gasteiger partial charge < -0.3 is 25.4 Å². The second-order valence-corrected chi connectivity index (χ2v) is 8.29. The third-order valence-corrected chi connectivity index (χ3v) is 5.47. The van der Waals surface area contributed by atoms with Crippen molar-refractivity contribution >= 4 is 35.3 Å². The van der Waals surface area contributed by atoms with Gasteiger partial charge in [-0.1, -0.05) is 48.0 Å². The van der Waals surface area contributed by atoms with Gasteiger partial charge in [-0.2, -0.15) is 0 Å². The number of carbonyl (C=O) groups is 4.